The minimum atomic E-state index is -3.46. The van der Waals surface area contributed by atoms with Gasteiger partial charge in [0, 0.05) is 25.3 Å². The van der Waals surface area contributed by atoms with Crippen molar-refractivity contribution in [2.45, 2.75) is 23.8 Å². The van der Waals surface area contributed by atoms with Crippen molar-refractivity contribution in [1.82, 2.24) is 14.2 Å². The number of anilines is 1. The lowest BCUT2D eigenvalue weighted by atomic mass is 10.2. The van der Waals surface area contributed by atoms with Gasteiger partial charge in [0.1, 0.15) is 10.7 Å². The minimum absolute atomic E-state index is 0.0394. The number of rotatable bonds is 4. The number of pyridine rings is 1. The molecule has 19 heavy (non-hydrogen) atoms. The van der Waals surface area contributed by atoms with Gasteiger partial charge in [-0.1, -0.05) is 0 Å². The van der Waals surface area contributed by atoms with Crippen LogP contribution in [0.5, 0.6) is 0 Å². The van der Waals surface area contributed by atoms with Gasteiger partial charge in [0.2, 0.25) is 10.0 Å². The summed E-state index contributed by atoms with van der Waals surface area (Å²) >= 11 is 0. The Kier molecular flexibility index (Phi) is 4.07. The third kappa shape index (κ3) is 3.05. The summed E-state index contributed by atoms with van der Waals surface area (Å²) in [5.41, 5.74) is 5.49. The average Bonchev–Trinajstić information content (AvgIpc) is 2.77. The van der Waals surface area contributed by atoms with Crippen molar-refractivity contribution in [3.05, 3.63) is 18.3 Å². The molecule has 0 amide bonds. The van der Waals surface area contributed by atoms with E-state index in [4.69, 9.17) is 5.73 Å². The van der Waals surface area contributed by atoms with Crippen LogP contribution in [-0.4, -0.2) is 55.8 Å². The molecule has 1 unspecified atom stereocenters. The van der Waals surface area contributed by atoms with Crippen LogP contribution in [-0.2, 0) is 10.0 Å². The molecule has 2 N–H and O–H groups in total. The summed E-state index contributed by atoms with van der Waals surface area (Å²) in [6.07, 6.45) is 3.13. The molecule has 1 aliphatic rings. The molecule has 0 bridgehead atoms. The molecule has 0 spiro atoms. The molecule has 1 atom stereocenters. The van der Waals surface area contributed by atoms with Crippen LogP contribution in [0.15, 0.2) is 23.2 Å². The summed E-state index contributed by atoms with van der Waals surface area (Å²) in [7, 11) is 0.443. The Morgan fingerprint density at radius 1 is 1.47 bits per heavy atom. The second kappa shape index (κ2) is 5.44. The zero-order valence-corrected chi connectivity index (χ0v) is 12.1. The van der Waals surface area contributed by atoms with Crippen LogP contribution in [0.25, 0.3) is 0 Å². The van der Waals surface area contributed by atoms with E-state index in [0.717, 1.165) is 19.4 Å². The van der Waals surface area contributed by atoms with Gasteiger partial charge >= 0.3 is 0 Å². The van der Waals surface area contributed by atoms with Gasteiger partial charge in [-0.2, -0.15) is 4.31 Å². The smallest absolute Gasteiger partial charge is 0.244 e. The average molecular weight is 284 g/mol. The van der Waals surface area contributed by atoms with Gasteiger partial charge in [-0.25, -0.2) is 13.4 Å². The van der Waals surface area contributed by atoms with E-state index in [2.05, 4.69) is 4.98 Å². The zero-order valence-electron chi connectivity index (χ0n) is 11.3. The van der Waals surface area contributed by atoms with Gasteiger partial charge < -0.3 is 10.6 Å². The van der Waals surface area contributed by atoms with Crippen molar-refractivity contribution in [3.8, 4) is 0 Å². The lowest BCUT2D eigenvalue weighted by Gasteiger charge is -2.26. The monoisotopic (exact) mass is 284 g/mol. The lowest BCUT2D eigenvalue weighted by molar-refractivity contribution is 0.291. The van der Waals surface area contributed by atoms with E-state index in [-0.39, 0.29) is 10.9 Å². The van der Waals surface area contributed by atoms with Gasteiger partial charge in [-0.3, -0.25) is 0 Å². The Bertz CT molecular complexity index is 527. The number of nitrogens with two attached hydrogens (primary N) is 1. The van der Waals surface area contributed by atoms with E-state index in [0.29, 0.717) is 12.4 Å². The standard InChI is InChI=1S/C12H20N4O2S/c1-15(2)9-10-4-3-7-16(10)19(17,18)11-5-6-12(13)14-8-11/h5-6,8,10H,3-4,7,9H2,1-2H3,(H2,13,14). The third-order valence-corrected chi connectivity index (χ3v) is 5.20. The molecular formula is C12H20N4O2S. The SMILES string of the molecule is CN(C)CC1CCCN1S(=O)(=O)c1ccc(N)nc1. The summed E-state index contributed by atoms with van der Waals surface area (Å²) < 4.78 is 26.7. The van der Waals surface area contributed by atoms with Crippen LogP contribution in [0, 0.1) is 0 Å². The first-order valence-electron chi connectivity index (χ1n) is 6.29. The number of likely N-dealkylation sites (N-methyl/N-ethyl adjacent to an activating group) is 1. The zero-order chi connectivity index (χ0) is 14.0. The highest BCUT2D eigenvalue weighted by molar-refractivity contribution is 7.89. The molecule has 2 rings (SSSR count). The molecule has 106 valence electrons. The molecule has 1 saturated heterocycles. The van der Waals surface area contributed by atoms with Crippen LogP contribution in [0.4, 0.5) is 5.82 Å². The molecule has 2 heterocycles. The highest BCUT2D eigenvalue weighted by Crippen LogP contribution is 2.26. The molecule has 1 fully saturated rings. The molecular weight excluding hydrogens is 264 g/mol. The first-order chi connectivity index (χ1) is 8.91. The maximum Gasteiger partial charge on any atom is 0.244 e. The van der Waals surface area contributed by atoms with Crippen LogP contribution >= 0.6 is 0 Å². The summed E-state index contributed by atoms with van der Waals surface area (Å²) in [4.78, 5) is 6.09. The first kappa shape index (κ1) is 14.2. The lowest BCUT2D eigenvalue weighted by Crippen LogP contribution is -2.41. The van der Waals surface area contributed by atoms with Crippen molar-refractivity contribution < 1.29 is 8.42 Å². The number of sulfonamides is 1. The van der Waals surface area contributed by atoms with Crippen LogP contribution in [0.3, 0.4) is 0 Å². The van der Waals surface area contributed by atoms with Crippen molar-refractivity contribution in [2.75, 3.05) is 32.9 Å². The number of nitrogen functional groups attached to an aromatic ring is 1. The van der Waals surface area contributed by atoms with E-state index in [1.54, 1.807) is 4.31 Å². The minimum Gasteiger partial charge on any atom is -0.384 e. The Morgan fingerprint density at radius 3 is 2.79 bits per heavy atom. The molecule has 1 aromatic heterocycles. The fourth-order valence-electron chi connectivity index (χ4n) is 2.41. The number of hydrogen-bond donors (Lipinski definition) is 1. The normalized spacial score (nSPS) is 21.1. The molecule has 0 saturated carbocycles. The Morgan fingerprint density at radius 2 is 2.21 bits per heavy atom. The topological polar surface area (TPSA) is 79.5 Å². The summed E-state index contributed by atoms with van der Waals surface area (Å²) in [6, 6.07) is 3.07. The third-order valence-electron chi connectivity index (χ3n) is 3.26. The quantitative estimate of drug-likeness (QED) is 0.864. The fraction of sp³-hybridized carbons (Fsp3) is 0.583. The molecule has 0 aromatic carbocycles. The maximum atomic E-state index is 12.6. The van der Waals surface area contributed by atoms with Gasteiger partial charge in [0.25, 0.3) is 0 Å². The van der Waals surface area contributed by atoms with E-state index in [1.807, 2.05) is 19.0 Å². The second-order valence-electron chi connectivity index (χ2n) is 5.09. The van der Waals surface area contributed by atoms with Crippen LogP contribution in [0.2, 0.25) is 0 Å². The Labute approximate surface area is 114 Å². The Balaban J connectivity index is 2.25. The predicted octanol–water partition coefficient (Wildman–Crippen LogP) is 0.378. The van der Waals surface area contributed by atoms with Crippen molar-refractivity contribution in [2.24, 2.45) is 0 Å². The fourth-order valence-corrected chi connectivity index (χ4v) is 4.04. The first-order valence-corrected chi connectivity index (χ1v) is 7.73. The maximum absolute atomic E-state index is 12.6. The van der Waals surface area contributed by atoms with E-state index in [1.165, 1.54) is 18.3 Å². The van der Waals surface area contributed by atoms with Crippen molar-refractivity contribution >= 4 is 15.8 Å². The summed E-state index contributed by atoms with van der Waals surface area (Å²) in [5, 5.41) is 0. The molecule has 1 aliphatic heterocycles. The molecule has 7 heteroatoms. The van der Waals surface area contributed by atoms with E-state index < -0.39 is 10.0 Å². The summed E-state index contributed by atoms with van der Waals surface area (Å²) in [5.74, 6) is 0.324. The molecule has 0 aliphatic carbocycles. The molecule has 0 radical (unpaired) electrons. The van der Waals surface area contributed by atoms with Gasteiger partial charge in [0.15, 0.2) is 0 Å². The van der Waals surface area contributed by atoms with Crippen molar-refractivity contribution in [1.29, 1.82) is 0 Å². The predicted molar refractivity (Wildman–Crippen MR) is 74.1 cm³/mol. The number of nitrogens with zero attached hydrogens (tertiary/aromatic N) is 3. The van der Waals surface area contributed by atoms with Crippen molar-refractivity contribution in [3.63, 3.8) is 0 Å². The highest BCUT2D eigenvalue weighted by Gasteiger charge is 2.35. The largest absolute Gasteiger partial charge is 0.384 e. The number of hydrogen-bond acceptors (Lipinski definition) is 5. The van der Waals surface area contributed by atoms with Gasteiger partial charge in [-0.05, 0) is 39.1 Å². The van der Waals surface area contributed by atoms with Crippen LogP contribution < -0.4 is 5.73 Å². The van der Waals surface area contributed by atoms with Crippen LogP contribution in [0.1, 0.15) is 12.8 Å². The number of aromatic nitrogens is 1. The Hall–Kier alpha value is -1.18. The van der Waals surface area contributed by atoms with E-state index >= 15 is 0 Å². The van der Waals surface area contributed by atoms with E-state index in [9.17, 15) is 8.42 Å². The second-order valence-corrected chi connectivity index (χ2v) is 6.98. The molecule has 1 aromatic rings. The molecule has 6 nitrogen and oxygen atoms in total. The highest BCUT2D eigenvalue weighted by atomic mass is 32.2. The van der Waals surface area contributed by atoms with Gasteiger partial charge in [-0.15, -0.1) is 0 Å². The summed E-state index contributed by atoms with van der Waals surface area (Å²) in [6.45, 7) is 1.31. The van der Waals surface area contributed by atoms with Gasteiger partial charge in [0.05, 0.1) is 0 Å².